The Morgan fingerprint density at radius 2 is 2.06 bits per heavy atom. The SMILES string of the molecule is Cc1c[nH]c2ncc(-c3cc4c(c([C@@H]5CCCN5C(=O)O)c3)CN(CC3(O)CCOCC3)CC4)cc12. The Labute approximate surface area is 210 Å². The third-order valence-corrected chi connectivity index (χ3v) is 8.33. The van der Waals surface area contributed by atoms with Crippen molar-refractivity contribution in [3.05, 3.63) is 52.8 Å². The van der Waals surface area contributed by atoms with E-state index in [1.807, 2.05) is 12.4 Å². The van der Waals surface area contributed by atoms with Crippen molar-refractivity contribution in [3.63, 3.8) is 0 Å². The van der Waals surface area contributed by atoms with Gasteiger partial charge in [-0.05, 0) is 66.1 Å². The number of benzene rings is 1. The second-order valence-corrected chi connectivity index (χ2v) is 10.7. The zero-order valence-corrected chi connectivity index (χ0v) is 20.8. The maximum atomic E-state index is 12.1. The number of rotatable bonds is 4. The highest BCUT2D eigenvalue weighted by atomic mass is 16.5. The first-order valence-corrected chi connectivity index (χ1v) is 13.0. The molecule has 0 spiro atoms. The summed E-state index contributed by atoms with van der Waals surface area (Å²) < 4.78 is 5.47. The Balaban J connectivity index is 1.39. The lowest BCUT2D eigenvalue weighted by atomic mass is 9.85. The number of β-amino-alcohol motifs (C(OH)–C–C–N with tert-alkyl or cyclic N) is 1. The summed E-state index contributed by atoms with van der Waals surface area (Å²) in [5, 5.41) is 22.2. The quantitative estimate of drug-likeness (QED) is 0.505. The molecular weight excluding hydrogens is 456 g/mol. The number of nitrogens with one attached hydrogen (secondary N) is 1. The number of fused-ring (bicyclic) bond motifs is 2. The number of pyridine rings is 1. The van der Waals surface area contributed by atoms with Gasteiger partial charge in [-0.25, -0.2) is 9.78 Å². The molecule has 1 aromatic carbocycles. The van der Waals surface area contributed by atoms with Crippen LogP contribution in [0, 0.1) is 6.92 Å². The fourth-order valence-electron chi connectivity index (χ4n) is 6.29. The molecule has 0 aliphatic carbocycles. The summed E-state index contributed by atoms with van der Waals surface area (Å²) in [7, 11) is 0. The van der Waals surface area contributed by atoms with E-state index in [9.17, 15) is 15.0 Å². The fraction of sp³-hybridized carbons (Fsp3) is 0.500. The first kappa shape index (κ1) is 23.5. The van der Waals surface area contributed by atoms with Gasteiger partial charge in [-0.2, -0.15) is 0 Å². The number of aliphatic hydroxyl groups is 1. The van der Waals surface area contributed by atoms with E-state index in [0.29, 0.717) is 39.1 Å². The number of nitrogens with zero attached hydrogens (tertiary/aromatic N) is 3. The maximum absolute atomic E-state index is 12.1. The normalized spacial score (nSPS) is 22.2. The van der Waals surface area contributed by atoms with Crippen LogP contribution in [-0.4, -0.2) is 74.5 Å². The molecule has 1 atom stereocenters. The second kappa shape index (κ2) is 9.18. The predicted molar refractivity (Wildman–Crippen MR) is 137 cm³/mol. The number of aromatic amines is 1. The van der Waals surface area contributed by atoms with Gasteiger partial charge in [0.05, 0.1) is 11.6 Å². The minimum atomic E-state index is -0.855. The summed E-state index contributed by atoms with van der Waals surface area (Å²) in [5.41, 5.74) is 7.08. The van der Waals surface area contributed by atoms with Crippen molar-refractivity contribution >= 4 is 17.1 Å². The number of aromatic nitrogens is 2. The van der Waals surface area contributed by atoms with Crippen LogP contribution in [0.2, 0.25) is 0 Å². The van der Waals surface area contributed by atoms with E-state index in [-0.39, 0.29) is 6.04 Å². The van der Waals surface area contributed by atoms with Crippen molar-refractivity contribution < 1.29 is 19.7 Å². The van der Waals surface area contributed by atoms with Crippen LogP contribution in [-0.2, 0) is 17.7 Å². The van der Waals surface area contributed by atoms with Gasteiger partial charge in [-0.3, -0.25) is 4.90 Å². The number of H-pyrrole nitrogens is 1. The molecule has 2 aromatic heterocycles. The predicted octanol–water partition coefficient (Wildman–Crippen LogP) is 4.25. The third kappa shape index (κ3) is 4.27. The molecule has 2 fully saturated rings. The molecule has 36 heavy (non-hydrogen) atoms. The largest absolute Gasteiger partial charge is 0.465 e. The molecule has 5 heterocycles. The van der Waals surface area contributed by atoms with Crippen molar-refractivity contribution in [2.24, 2.45) is 0 Å². The summed E-state index contributed by atoms with van der Waals surface area (Å²) >= 11 is 0. The topological polar surface area (TPSA) is 102 Å². The molecule has 190 valence electrons. The van der Waals surface area contributed by atoms with Gasteiger partial charge in [0.1, 0.15) is 5.65 Å². The molecule has 3 N–H and O–H groups in total. The lowest BCUT2D eigenvalue weighted by Crippen LogP contribution is -2.48. The fourth-order valence-corrected chi connectivity index (χ4v) is 6.29. The van der Waals surface area contributed by atoms with Crippen LogP contribution in [0.4, 0.5) is 4.79 Å². The number of hydrogen-bond donors (Lipinski definition) is 3. The minimum absolute atomic E-state index is 0.145. The molecule has 8 heteroatoms. The van der Waals surface area contributed by atoms with Crippen molar-refractivity contribution in [1.82, 2.24) is 19.8 Å². The highest BCUT2D eigenvalue weighted by Gasteiger charge is 2.36. The lowest BCUT2D eigenvalue weighted by Gasteiger charge is -2.40. The van der Waals surface area contributed by atoms with E-state index in [1.165, 1.54) is 11.1 Å². The van der Waals surface area contributed by atoms with Crippen LogP contribution in [0.25, 0.3) is 22.2 Å². The summed E-state index contributed by atoms with van der Waals surface area (Å²) in [5.74, 6) is 0. The molecule has 0 saturated carbocycles. The minimum Gasteiger partial charge on any atom is -0.465 e. The molecule has 0 radical (unpaired) electrons. The average molecular weight is 491 g/mol. The number of amides is 1. The standard InChI is InChI=1S/C28H34N4O4/c1-18-14-29-26-22(18)13-21(15-30-26)20-11-19-4-8-31(17-28(35)5-9-36-10-6-28)16-24(19)23(12-20)25-3-2-7-32(25)27(33)34/h11-15,25,35H,2-10,16-17H2,1H3,(H,29,30)(H,33,34)/t25-/m0/s1. The molecule has 6 rings (SSSR count). The third-order valence-electron chi connectivity index (χ3n) is 8.33. The summed E-state index contributed by atoms with van der Waals surface area (Å²) in [6.45, 7) is 6.07. The van der Waals surface area contributed by atoms with Crippen molar-refractivity contribution in [2.45, 2.75) is 57.2 Å². The zero-order chi connectivity index (χ0) is 24.9. The van der Waals surface area contributed by atoms with Gasteiger partial charge in [-0.15, -0.1) is 0 Å². The zero-order valence-electron chi connectivity index (χ0n) is 20.8. The molecule has 8 nitrogen and oxygen atoms in total. The van der Waals surface area contributed by atoms with E-state index in [0.717, 1.165) is 65.6 Å². The van der Waals surface area contributed by atoms with Crippen LogP contribution in [0.3, 0.4) is 0 Å². The summed E-state index contributed by atoms with van der Waals surface area (Å²) in [4.78, 5) is 23.9. The number of likely N-dealkylation sites (tertiary alicyclic amines) is 1. The Morgan fingerprint density at radius 1 is 1.22 bits per heavy atom. The Morgan fingerprint density at radius 3 is 2.86 bits per heavy atom. The van der Waals surface area contributed by atoms with E-state index < -0.39 is 11.7 Å². The number of hydrogen-bond acceptors (Lipinski definition) is 5. The number of ether oxygens (including phenoxy) is 1. The molecule has 2 saturated heterocycles. The smallest absolute Gasteiger partial charge is 0.407 e. The molecule has 1 amide bonds. The van der Waals surface area contributed by atoms with Crippen molar-refractivity contribution in [1.29, 1.82) is 0 Å². The first-order valence-electron chi connectivity index (χ1n) is 13.0. The Kier molecular flexibility index (Phi) is 5.98. The molecule has 3 aromatic rings. The monoisotopic (exact) mass is 490 g/mol. The average Bonchev–Trinajstić information content (AvgIpc) is 3.51. The van der Waals surface area contributed by atoms with E-state index in [4.69, 9.17) is 4.74 Å². The van der Waals surface area contributed by atoms with E-state index >= 15 is 0 Å². The molecular formula is C28H34N4O4. The van der Waals surface area contributed by atoms with Gasteiger partial charge in [0.25, 0.3) is 0 Å². The van der Waals surface area contributed by atoms with Gasteiger partial charge in [0.2, 0.25) is 0 Å². The highest BCUT2D eigenvalue weighted by Crippen LogP contribution is 2.40. The number of aryl methyl sites for hydroxylation is 1. The van der Waals surface area contributed by atoms with Crippen LogP contribution in [0.5, 0.6) is 0 Å². The lowest BCUT2D eigenvalue weighted by molar-refractivity contribution is -0.0815. The molecule has 0 unspecified atom stereocenters. The van der Waals surface area contributed by atoms with Crippen LogP contribution < -0.4 is 0 Å². The summed E-state index contributed by atoms with van der Waals surface area (Å²) in [6, 6.07) is 6.50. The maximum Gasteiger partial charge on any atom is 0.407 e. The van der Waals surface area contributed by atoms with Gasteiger partial charge < -0.3 is 24.8 Å². The van der Waals surface area contributed by atoms with E-state index in [1.54, 1.807) is 4.90 Å². The summed E-state index contributed by atoms with van der Waals surface area (Å²) in [6.07, 6.45) is 6.92. The highest BCUT2D eigenvalue weighted by molar-refractivity contribution is 5.84. The Bertz CT molecular complexity index is 1300. The van der Waals surface area contributed by atoms with Crippen LogP contribution in [0.15, 0.2) is 30.6 Å². The van der Waals surface area contributed by atoms with Gasteiger partial charge in [0.15, 0.2) is 0 Å². The first-order chi connectivity index (χ1) is 17.4. The van der Waals surface area contributed by atoms with Crippen LogP contribution in [0.1, 0.15) is 54.0 Å². The van der Waals surface area contributed by atoms with Crippen molar-refractivity contribution in [2.75, 3.05) is 32.8 Å². The second-order valence-electron chi connectivity index (χ2n) is 10.7. The Hall–Kier alpha value is -2.94. The van der Waals surface area contributed by atoms with Crippen molar-refractivity contribution in [3.8, 4) is 11.1 Å². The van der Waals surface area contributed by atoms with Gasteiger partial charge >= 0.3 is 6.09 Å². The number of carbonyl (C=O) groups is 1. The van der Waals surface area contributed by atoms with Crippen LogP contribution >= 0.6 is 0 Å². The van der Waals surface area contributed by atoms with Gasteiger partial charge in [-0.1, -0.05) is 6.07 Å². The molecule has 0 bridgehead atoms. The molecule has 3 aliphatic heterocycles. The molecule has 3 aliphatic rings. The van der Waals surface area contributed by atoms with Gasteiger partial charge in [0, 0.05) is 75.6 Å². The van der Waals surface area contributed by atoms with E-state index in [2.05, 4.69) is 40.0 Å². The number of carboxylic acid groups (broad SMARTS) is 1.